The monoisotopic (exact) mass is 442 g/mol. The molecule has 3 heterocycles. The number of amides is 5. The van der Waals surface area contributed by atoms with E-state index in [9.17, 15) is 19.2 Å². The van der Waals surface area contributed by atoms with E-state index in [1.54, 1.807) is 29.2 Å². The Labute approximate surface area is 187 Å². The molecule has 1 atom stereocenters. The zero-order valence-electron chi connectivity index (χ0n) is 18.6. The second kappa shape index (κ2) is 8.80. The Kier molecular flexibility index (Phi) is 6.08. The Morgan fingerprint density at radius 2 is 1.78 bits per heavy atom. The third-order valence-corrected chi connectivity index (χ3v) is 6.76. The molecule has 0 spiro atoms. The quantitative estimate of drug-likeness (QED) is 0.703. The molecule has 1 aromatic carbocycles. The minimum atomic E-state index is -0.965. The predicted octanol–water partition coefficient (Wildman–Crippen LogP) is 1.90. The zero-order valence-corrected chi connectivity index (χ0v) is 18.6. The lowest BCUT2D eigenvalue weighted by molar-refractivity contribution is -0.140. The Balaban J connectivity index is 1.55. The molecule has 5 amide bonds. The molecule has 4 rings (SSSR count). The predicted molar refractivity (Wildman–Crippen MR) is 117 cm³/mol. The number of para-hydroxylation sites is 2. The smallest absolute Gasteiger partial charge is 0.325 e. The van der Waals surface area contributed by atoms with Crippen molar-refractivity contribution in [3.05, 3.63) is 24.3 Å². The molecular formula is C23H30N4O5. The summed E-state index contributed by atoms with van der Waals surface area (Å²) in [5.41, 5.74) is -0.433. The third kappa shape index (κ3) is 3.80. The number of benzene rings is 1. The normalized spacial score (nSPS) is 22.3. The summed E-state index contributed by atoms with van der Waals surface area (Å²) in [5, 5.41) is 2.75. The van der Waals surface area contributed by atoms with Crippen LogP contribution in [0.15, 0.2) is 24.3 Å². The summed E-state index contributed by atoms with van der Waals surface area (Å²) >= 11 is 0. The van der Waals surface area contributed by atoms with Crippen molar-refractivity contribution in [2.24, 2.45) is 0 Å². The summed E-state index contributed by atoms with van der Waals surface area (Å²) in [7, 11) is 0. The van der Waals surface area contributed by atoms with Gasteiger partial charge in [0.2, 0.25) is 5.91 Å². The van der Waals surface area contributed by atoms with Crippen LogP contribution in [0.25, 0.3) is 0 Å². The van der Waals surface area contributed by atoms with Gasteiger partial charge in [-0.2, -0.15) is 0 Å². The number of nitrogens with zero attached hydrogens (tertiary/aromatic N) is 3. The molecule has 9 nitrogen and oxygen atoms in total. The molecule has 9 heteroatoms. The fourth-order valence-corrected chi connectivity index (χ4v) is 4.69. The van der Waals surface area contributed by atoms with Crippen LogP contribution in [0.2, 0.25) is 0 Å². The molecule has 0 radical (unpaired) electrons. The second-order valence-corrected chi connectivity index (χ2v) is 8.58. The largest absolute Gasteiger partial charge is 0.476 e. The summed E-state index contributed by atoms with van der Waals surface area (Å²) in [5.74, 6) is -0.508. The van der Waals surface area contributed by atoms with Gasteiger partial charge in [-0.05, 0) is 44.2 Å². The van der Waals surface area contributed by atoms with Gasteiger partial charge in [-0.15, -0.1) is 0 Å². The summed E-state index contributed by atoms with van der Waals surface area (Å²) < 4.78 is 5.96. The van der Waals surface area contributed by atoms with Crippen molar-refractivity contribution >= 4 is 29.4 Å². The molecule has 172 valence electrons. The molecule has 0 bridgehead atoms. The number of carbonyl (C=O) groups excluding carboxylic acids is 4. The van der Waals surface area contributed by atoms with Gasteiger partial charge in [0.25, 0.3) is 11.8 Å². The molecule has 1 aromatic rings. The van der Waals surface area contributed by atoms with Gasteiger partial charge in [0.1, 0.15) is 17.8 Å². The molecule has 2 fully saturated rings. The molecule has 3 aliphatic rings. The standard InChI is InChI=1S/C23H30N4O5/c1-3-23(4-2)21(30)27(22(31)24-23)15-19(28)26-14-18(20(29)25-12-8-5-9-13-25)32-17-11-7-6-10-16(17)26/h6-7,10-11,18H,3-5,8-9,12-15H2,1-2H3,(H,24,31). The first-order chi connectivity index (χ1) is 15.4. The Hall–Kier alpha value is -3.10. The van der Waals surface area contributed by atoms with Crippen LogP contribution in [0.5, 0.6) is 5.75 Å². The lowest BCUT2D eigenvalue weighted by atomic mass is 9.93. The summed E-state index contributed by atoms with van der Waals surface area (Å²) in [6.07, 6.45) is 3.10. The molecule has 32 heavy (non-hydrogen) atoms. The summed E-state index contributed by atoms with van der Waals surface area (Å²) in [6.45, 7) is 4.71. The number of hydrogen-bond acceptors (Lipinski definition) is 5. The number of ether oxygens (including phenoxy) is 1. The first-order valence-corrected chi connectivity index (χ1v) is 11.4. The van der Waals surface area contributed by atoms with Gasteiger partial charge in [-0.3, -0.25) is 19.3 Å². The first-order valence-electron chi connectivity index (χ1n) is 11.4. The highest BCUT2D eigenvalue weighted by Gasteiger charge is 2.50. The van der Waals surface area contributed by atoms with Crippen molar-refractivity contribution in [2.45, 2.75) is 57.6 Å². The van der Waals surface area contributed by atoms with E-state index in [-0.39, 0.29) is 24.9 Å². The minimum Gasteiger partial charge on any atom is -0.476 e. The van der Waals surface area contributed by atoms with Crippen LogP contribution >= 0.6 is 0 Å². The zero-order chi connectivity index (χ0) is 22.9. The highest BCUT2D eigenvalue weighted by molar-refractivity contribution is 6.10. The average molecular weight is 443 g/mol. The number of piperidine rings is 1. The van der Waals surface area contributed by atoms with Crippen molar-refractivity contribution in [3.8, 4) is 5.75 Å². The minimum absolute atomic E-state index is 0.0432. The molecular weight excluding hydrogens is 412 g/mol. The number of hydrogen-bond donors (Lipinski definition) is 1. The summed E-state index contributed by atoms with van der Waals surface area (Å²) in [4.78, 5) is 56.1. The highest BCUT2D eigenvalue weighted by atomic mass is 16.5. The van der Waals surface area contributed by atoms with Crippen LogP contribution in [0.1, 0.15) is 46.0 Å². The number of anilines is 1. The molecule has 2 saturated heterocycles. The van der Waals surface area contributed by atoms with Gasteiger partial charge in [0.05, 0.1) is 12.2 Å². The van der Waals surface area contributed by atoms with E-state index in [4.69, 9.17) is 4.74 Å². The van der Waals surface area contributed by atoms with Crippen molar-refractivity contribution in [1.82, 2.24) is 15.1 Å². The fourth-order valence-electron chi connectivity index (χ4n) is 4.69. The Bertz CT molecular complexity index is 923. The van der Waals surface area contributed by atoms with E-state index in [0.29, 0.717) is 37.4 Å². The second-order valence-electron chi connectivity index (χ2n) is 8.58. The number of nitrogens with one attached hydrogen (secondary N) is 1. The van der Waals surface area contributed by atoms with E-state index < -0.39 is 23.6 Å². The topological polar surface area (TPSA) is 99.3 Å². The van der Waals surface area contributed by atoms with Crippen molar-refractivity contribution in [1.29, 1.82) is 0 Å². The van der Waals surface area contributed by atoms with E-state index in [2.05, 4.69) is 5.32 Å². The molecule has 0 aromatic heterocycles. The molecule has 0 saturated carbocycles. The fraction of sp³-hybridized carbons (Fsp3) is 0.565. The number of imide groups is 1. The van der Waals surface area contributed by atoms with Gasteiger partial charge in [-0.25, -0.2) is 4.79 Å². The maximum atomic E-state index is 13.3. The van der Waals surface area contributed by atoms with Gasteiger partial charge < -0.3 is 19.9 Å². The first kappa shape index (κ1) is 22.1. The SMILES string of the molecule is CCC1(CC)NC(=O)N(CC(=O)N2CC(C(=O)N3CCCCC3)Oc3ccccc32)C1=O. The molecule has 1 unspecified atom stereocenters. The van der Waals surface area contributed by atoms with Crippen molar-refractivity contribution < 1.29 is 23.9 Å². The van der Waals surface area contributed by atoms with E-state index >= 15 is 0 Å². The molecule has 0 aliphatic carbocycles. The van der Waals surface area contributed by atoms with E-state index in [1.165, 1.54) is 4.90 Å². The maximum Gasteiger partial charge on any atom is 0.325 e. The number of fused-ring (bicyclic) bond motifs is 1. The number of urea groups is 1. The third-order valence-electron chi connectivity index (χ3n) is 6.76. The van der Waals surface area contributed by atoms with Crippen LogP contribution < -0.4 is 15.0 Å². The van der Waals surface area contributed by atoms with Crippen LogP contribution in [0.4, 0.5) is 10.5 Å². The summed E-state index contributed by atoms with van der Waals surface area (Å²) in [6, 6.07) is 6.46. The van der Waals surface area contributed by atoms with Gasteiger partial charge in [0, 0.05) is 13.1 Å². The number of rotatable bonds is 5. The highest BCUT2D eigenvalue weighted by Crippen LogP contribution is 2.34. The van der Waals surface area contributed by atoms with Gasteiger partial charge in [0.15, 0.2) is 6.10 Å². The molecule has 3 aliphatic heterocycles. The van der Waals surface area contributed by atoms with Crippen LogP contribution in [0, 0.1) is 0 Å². The Morgan fingerprint density at radius 1 is 1.09 bits per heavy atom. The van der Waals surface area contributed by atoms with E-state index in [1.807, 2.05) is 13.8 Å². The van der Waals surface area contributed by atoms with Crippen LogP contribution in [-0.2, 0) is 14.4 Å². The maximum absolute atomic E-state index is 13.3. The average Bonchev–Trinajstić information content (AvgIpc) is 3.08. The van der Waals surface area contributed by atoms with Crippen LogP contribution in [-0.4, -0.2) is 71.4 Å². The number of likely N-dealkylation sites (tertiary alicyclic amines) is 1. The van der Waals surface area contributed by atoms with Crippen molar-refractivity contribution in [3.63, 3.8) is 0 Å². The molecule has 1 N–H and O–H groups in total. The van der Waals surface area contributed by atoms with Crippen LogP contribution in [0.3, 0.4) is 0 Å². The lowest BCUT2D eigenvalue weighted by Crippen LogP contribution is -2.54. The number of carbonyl (C=O) groups is 4. The van der Waals surface area contributed by atoms with E-state index in [0.717, 1.165) is 24.2 Å². The van der Waals surface area contributed by atoms with Gasteiger partial charge in [-0.1, -0.05) is 26.0 Å². The lowest BCUT2D eigenvalue weighted by Gasteiger charge is -2.37. The Morgan fingerprint density at radius 3 is 2.44 bits per heavy atom. The van der Waals surface area contributed by atoms with Gasteiger partial charge >= 0.3 is 6.03 Å². The van der Waals surface area contributed by atoms with Crippen molar-refractivity contribution in [2.75, 3.05) is 31.1 Å².